The third-order valence-corrected chi connectivity index (χ3v) is 4.17. The van der Waals surface area contributed by atoms with Gasteiger partial charge in [0.15, 0.2) is 0 Å². The number of amides is 1. The van der Waals surface area contributed by atoms with Gasteiger partial charge in [-0.2, -0.15) is 0 Å². The third kappa shape index (κ3) is 3.64. The van der Waals surface area contributed by atoms with Gasteiger partial charge in [0.2, 0.25) is 5.91 Å². The zero-order valence-electron chi connectivity index (χ0n) is 11.9. The van der Waals surface area contributed by atoms with Gasteiger partial charge in [0.1, 0.15) is 5.75 Å². The van der Waals surface area contributed by atoms with Gasteiger partial charge in [-0.05, 0) is 37.4 Å². The Balaban J connectivity index is 2.03. The van der Waals surface area contributed by atoms with E-state index in [9.17, 15) is 4.79 Å². The van der Waals surface area contributed by atoms with Gasteiger partial charge in [0, 0.05) is 6.07 Å². The first-order chi connectivity index (χ1) is 9.63. The van der Waals surface area contributed by atoms with Crippen LogP contribution in [0.3, 0.4) is 0 Å². The summed E-state index contributed by atoms with van der Waals surface area (Å²) in [7, 11) is 1.59. The average Bonchev–Trinajstić information content (AvgIpc) is 2.49. The van der Waals surface area contributed by atoms with Crippen LogP contribution in [0.1, 0.15) is 26.2 Å². The second-order valence-electron chi connectivity index (χ2n) is 5.14. The number of nitrogens with one attached hydrogen (secondary N) is 2. The first-order valence-corrected chi connectivity index (χ1v) is 7.39. The molecule has 1 aromatic carbocycles. The maximum absolute atomic E-state index is 12.3. The molecule has 1 aromatic rings. The Morgan fingerprint density at radius 2 is 2.35 bits per heavy atom. The summed E-state index contributed by atoms with van der Waals surface area (Å²) < 4.78 is 5.15. The molecular formula is C15H21ClN2O2. The van der Waals surface area contributed by atoms with Crippen LogP contribution in [0.15, 0.2) is 18.2 Å². The molecular weight excluding hydrogens is 276 g/mol. The van der Waals surface area contributed by atoms with Crippen LogP contribution in [-0.4, -0.2) is 25.6 Å². The van der Waals surface area contributed by atoms with Crippen molar-refractivity contribution in [1.29, 1.82) is 0 Å². The van der Waals surface area contributed by atoms with Gasteiger partial charge < -0.3 is 15.4 Å². The van der Waals surface area contributed by atoms with Gasteiger partial charge in [0.05, 0.1) is 23.9 Å². The molecule has 110 valence electrons. The summed E-state index contributed by atoms with van der Waals surface area (Å²) in [6.07, 6.45) is 3.13. The number of anilines is 1. The lowest BCUT2D eigenvalue weighted by Gasteiger charge is -2.29. The monoisotopic (exact) mass is 296 g/mol. The number of hydrogen-bond acceptors (Lipinski definition) is 3. The maximum Gasteiger partial charge on any atom is 0.241 e. The van der Waals surface area contributed by atoms with E-state index in [0.29, 0.717) is 22.4 Å². The van der Waals surface area contributed by atoms with Crippen molar-refractivity contribution in [3.05, 3.63) is 23.2 Å². The largest absolute Gasteiger partial charge is 0.497 e. The van der Waals surface area contributed by atoms with E-state index in [1.165, 1.54) is 0 Å². The highest BCUT2D eigenvalue weighted by Crippen LogP contribution is 2.27. The summed E-state index contributed by atoms with van der Waals surface area (Å²) in [5.41, 5.74) is 0.594. The number of carbonyl (C=O) groups excluding carboxylic acids is 1. The first kappa shape index (κ1) is 15.1. The van der Waals surface area contributed by atoms with E-state index >= 15 is 0 Å². The highest BCUT2D eigenvalue weighted by molar-refractivity contribution is 6.33. The van der Waals surface area contributed by atoms with Crippen molar-refractivity contribution in [2.75, 3.05) is 19.0 Å². The van der Waals surface area contributed by atoms with Crippen molar-refractivity contribution < 1.29 is 9.53 Å². The summed E-state index contributed by atoms with van der Waals surface area (Å²) in [4.78, 5) is 12.3. The van der Waals surface area contributed by atoms with E-state index in [2.05, 4.69) is 17.6 Å². The minimum atomic E-state index is -0.143. The van der Waals surface area contributed by atoms with Gasteiger partial charge in [-0.1, -0.05) is 24.9 Å². The minimum absolute atomic E-state index is 0.0293. The topological polar surface area (TPSA) is 50.4 Å². The second kappa shape index (κ2) is 6.95. The average molecular weight is 297 g/mol. The van der Waals surface area contributed by atoms with Crippen LogP contribution in [0.2, 0.25) is 5.02 Å². The Kier molecular flexibility index (Phi) is 5.26. The molecule has 2 unspecified atom stereocenters. The first-order valence-electron chi connectivity index (χ1n) is 7.01. The Morgan fingerprint density at radius 3 is 3.05 bits per heavy atom. The van der Waals surface area contributed by atoms with Crippen molar-refractivity contribution in [1.82, 2.24) is 5.32 Å². The molecule has 1 saturated heterocycles. The van der Waals surface area contributed by atoms with Crippen LogP contribution in [0, 0.1) is 5.92 Å². The second-order valence-corrected chi connectivity index (χ2v) is 5.55. The molecule has 1 fully saturated rings. The zero-order chi connectivity index (χ0) is 14.5. The number of hydrogen-bond donors (Lipinski definition) is 2. The third-order valence-electron chi connectivity index (χ3n) is 3.84. The fraction of sp³-hybridized carbons (Fsp3) is 0.533. The lowest BCUT2D eigenvalue weighted by Crippen LogP contribution is -2.46. The van der Waals surface area contributed by atoms with Gasteiger partial charge >= 0.3 is 0 Å². The molecule has 1 aliphatic heterocycles. The fourth-order valence-electron chi connectivity index (χ4n) is 2.51. The van der Waals surface area contributed by atoms with Crippen LogP contribution in [0.25, 0.3) is 0 Å². The fourth-order valence-corrected chi connectivity index (χ4v) is 2.68. The number of benzene rings is 1. The van der Waals surface area contributed by atoms with Crippen molar-refractivity contribution >= 4 is 23.2 Å². The molecule has 20 heavy (non-hydrogen) atoms. The minimum Gasteiger partial charge on any atom is -0.497 e. The summed E-state index contributed by atoms with van der Waals surface area (Å²) in [6.45, 7) is 3.06. The Hall–Kier alpha value is -1.26. The molecule has 0 spiro atoms. The van der Waals surface area contributed by atoms with Crippen molar-refractivity contribution in [3.8, 4) is 5.75 Å². The van der Waals surface area contributed by atoms with Crippen LogP contribution in [-0.2, 0) is 4.79 Å². The molecule has 0 saturated carbocycles. The Morgan fingerprint density at radius 1 is 1.55 bits per heavy atom. The molecule has 2 atom stereocenters. The van der Waals surface area contributed by atoms with E-state index in [4.69, 9.17) is 16.3 Å². The molecule has 4 nitrogen and oxygen atoms in total. The van der Waals surface area contributed by atoms with E-state index in [1.54, 1.807) is 25.3 Å². The quantitative estimate of drug-likeness (QED) is 0.898. The number of ether oxygens (including phenoxy) is 1. The van der Waals surface area contributed by atoms with Crippen molar-refractivity contribution in [2.24, 2.45) is 5.92 Å². The normalized spacial score (nSPS) is 22.4. The molecule has 1 heterocycles. The van der Waals surface area contributed by atoms with E-state index in [-0.39, 0.29) is 11.9 Å². The lowest BCUT2D eigenvalue weighted by atomic mass is 9.90. The lowest BCUT2D eigenvalue weighted by molar-refractivity contribution is -0.119. The van der Waals surface area contributed by atoms with Crippen LogP contribution < -0.4 is 15.4 Å². The number of carbonyl (C=O) groups is 1. The molecule has 2 rings (SSSR count). The highest BCUT2D eigenvalue weighted by atomic mass is 35.5. The van der Waals surface area contributed by atoms with Crippen LogP contribution in [0.5, 0.6) is 5.75 Å². The number of rotatable bonds is 4. The summed E-state index contributed by atoms with van der Waals surface area (Å²) in [6, 6.07) is 5.08. The van der Waals surface area contributed by atoms with Gasteiger partial charge in [0.25, 0.3) is 0 Å². The maximum atomic E-state index is 12.3. The highest BCUT2D eigenvalue weighted by Gasteiger charge is 2.26. The Bertz CT molecular complexity index is 479. The predicted molar refractivity (Wildman–Crippen MR) is 81.4 cm³/mol. The van der Waals surface area contributed by atoms with Gasteiger partial charge in [-0.3, -0.25) is 4.79 Å². The zero-order valence-corrected chi connectivity index (χ0v) is 12.7. The summed E-state index contributed by atoms with van der Waals surface area (Å²) in [5, 5.41) is 6.67. The molecule has 0 bridgehead atoms. The number of methoxy groups -OCH3 is 1. The summed E-state index contributed by atoms with van der Waals surface area (Å²) in [5.74, 6) is 1.26. The van der Waals surface area contributed by atoms with Crippen LogP contribution in [0.4, 0.5) is 5.69 Å². The smallest absolute Gasteiger partial charge is 0.241 e. The predicted octanol–water partition coefficient (Wildman–Crippen LogP) is 3.07. The van der Waals surface area contributed by atoms with E-state index in [0.717, 1.165) is 25.8 Å². The summed E-state index contributed by atoms with van der Waals surface area (Å²) >= 11 is 6.10. The number of piperidine rings is 1. The molecule has 0 aliphatic carbocycles. The molecule has 1 aliphatic rings. The Labute approximate surface area is 124 Å². The molecule has 2 N–H and O–H groups in total. The SMILES string of the molecule is CCC1CCNC(C(=O)Nc2cc(OC)ccc2Cl)C1. The molecule has 0 aromatic heterocycles. The van der Waals surface area contributed by atoms with Crippen LogP contribution >= 0.6 is 11.6 Å². The van der Waals surface area contributed by atoms with Gasteiger partial charge in [-0.15, -0.1) is 0 Å². The van der Waals surface area contributed by atoms with Crippen molar-refractivity contribution in [3.63, 3.8) is 0 Å². The van der Waals surface area contributed by atoms with E-state index in [1.807, 2.05) is 0 Å². The molecule has 0 radical (unpaired) electrons. The number of halogens is 1. The van der Waals surface area contributed by atoms with E-state index < -0.39 is 0 Å². The van der Waals surface area contributed by atoms with Crippen molar-refractivity contribution in [2.45, 2.75) is 32.2 Å². The van der Waals surface area contributed by atoms with Gasteiger partial charge in [-0.25, -0.2) is 0 Å². The standard InChI is InChI=1S/C15H21ClN2O2/c1-3-10-6-7-17-14(8-10)15(19)18-13-9-11(20-2)4-5-12(13)16/h4-5,9-10,14,17H,3,6-8H2,1-2H3,(H,18,19). The molecule has 5 heteroatoms. The molecule has 1 amide bonds.